The van der Waals surface area contributed by atoms with Gasteiger partial charge in [0.25, 0.3) is 0 Å². The fourth-order valence-corrected chi connectivity index (χ4v) is 3.80. The van der Waals surface area contributed by atoms with Crippen molar-refractivity contribution < 1.29 is 4.74 Å². The first-order valence-corrected chi connectivity index (χ1v) is 10.4. The number of hydrogen-bond acceptors (Lipinski definition) is 4. The van der Waals surface area contributed by atoms with Gasteiger partial charge in [0.05, 0.1) is 10.0 Å². The van der Waals surface area contributed by atoms with Gasteiger partial charge in [0.15, 0.2) is 17.1 Å². The molecule has 4 nitrogen and oxygen atoms in total. The van der Waals surface area contributed by atoms with Gasteiger partial charge >= 0.3 is 0 Å². The second-order valence-electron chi connectivity index (χ2n) is 5.65. The summed E-state index contributed by atoms with van der Waals surface area (Å²) >= 11 is 17.0. The summed E-state index contributed by atoms with van der Waals surface area (Å²) in [7, 11) is 1.94. The minimum atomic E-state index is -0.215. The first kappa shape index (κ1) is 19.5. The number of rotatable bonds is 6. The molecular weight excluding hydrogens is 457 g/mol. The van der Waals surface area contributed by atoms with Crippen molar-refractivity contribution in [1.29, 1.82) is 0 Å². The van der Waals surface area contributed by atoms with Crippen LogP contribution in [0, 0.1) is 0 Å². The molecule has 1 aromatic heterocycles. The Bertz CT molecular complexity index is 902. The molecule has 1 atom stereocenters. The van der Waals surface area contributed by atoms with E-state index >= 15 is 0 Å². The molecule has 3 rings (SSSR count). The number of hydrogen-bond donors (Lipinski definition) is 0. The monoisotopic (exact) mass is 471 g/mol. The quantitative estimate of drug-likeness (QED) is 0.393. The molecule has 1 heterocycles. The van der Waals surface area contributed by atoms with Crippen LogP contribution in [0.3, 0.4) is 0 Å². The van der Waals surface area contributed by atoms with Crippen LogP contribution in [0.4, 0.5) is 0 Å². The molecule has 0 N–H and O–H groups in total. The van der Waals surface area contributed by atoms with Crippen LogP contribution in [0.1, 0.15) is 24.4 Å². The molecule has 0 saturated heterocycles. The van der Waals surface area contributed by atoms with E-state index in [9.17, 15) is 0 Å². The molecule has 8 heteroatoms. The van der Waals surface area contributed by atoms with Crippen LogP contribution in [0.2, 0.25) is 10.0 Å². The van der Waals surface area contributed by atoms with Crippen molar-refractivity contribution in [1.82, 2.24) is 14.8 Å². The van der Waals surface area contributed by atoms with E-state index in [-0.39, 0.29) is 6.10 Å². The van der Waals surface area contributed by atoms with E-state index in [1.165, 1.54) is 0 Å². The summed E-state index contributed by atoms with van der Waals surface area (Å²) < 4.78 is 8.92. The van der Waals surface area contributed by atoms with Crippen molar-refractivity contribution in [3.8, 4) is 5.75 Å². The van der Waals surface area contributed by atoms with Crippen molar-refractivity contribution in [2.45, 2.75) is 23.9 Å². The van der Waals surface area contributed by atoms with Gasteiger partial charge in [0.1, 0.15) is 5.75 Å². The Labute approximate surface area is 175 Å². The largest absolute Gasteiger partial charge is 0.483 e. The molecule has 0 amide bonds. The molecule has 0 fully saturated rings. The van der Waals surface area contributed by atoms with Crippen LogP contribution in [0.15, 0.2) is 52.1 Å². The lowest BCUT2D eigenvalue weighted by Gasteiger charge is -2.14. The molecule has 136 valence electrons. The lowest BCUT2D eigenvalue weighted by Crippen LogP contribution is -2.10. The van der Waals surface area contributed by atoms with Crippen LogP contribution in [-0.2, 0) is 12.8 Å². The highest BCUT2D eigenvalue weighted by atomic mass is 79.9. The molecule has 26 heavy (non-hydrogen) atoms. The Morgan fingerprint density at radius 2 is 1.85 bits per heavy atom. The molecule has 0 bridgehead atoms. The van der Waals surface area contributed by atoms with E-state index in [2.05, 4.69) is 26.1 Å². The molecule has 0 radical (unpaired) electrons. The molecular formula is C18H16BrCl2N3OS. The molecule has 0 aliphatic carbocycles. The second-order valence-corrected chi connectivity index (χ2v) is 8.32. The first-order valence-electron chi connectivity index (χ1n) is 7.82. The second kappa shape index (κ2) is 8.65. The van der Waals surface area contributed by atoms with Crippen molar-refractivity contribution in [2.24, 2.45) is 7.05 Å². The van der Waals surface area contributed by atoms with E-state index in [0.717, 1.165) is 32.5 Å². The minimum Gasteiger partial charge on any atom is -0.483 e. The van der Waals surface area contributed by atoms with Gasteiger partial charge in [0.2, 0.25) is 0 Å². The highest BCUT2D eigenvalue weighted by Crippen LogP contribution is 2.28. The van der Waals surface area contributed by atoms with Crippen LogP contribution in [0.25, 0.3) is 0 Å². The number of thioether (sulfide) groups is 1. The molecule has 0 aliphatic rings. The third-order valence-electron chi connectivity index (χ3n) is 3.71. The maximum atomic E-state index is 6.07. The molecule has 1 unspecified atom stereocenters. The van der Waals surface area contributed by atoms with Crippen LogP contribution >= 0.6 is 50.9 Å². The Morgan fingerprint density at radius 3 is 2.54 bits per heavy atom. The summed E-state index contributed by atoms with van der Waals surface area (Å²) in [5.74, 6) is 2.28. The highest BCUT2D eigenvalue weighted by Gasteiger charge is 2.17. The third kappa shape index (κ3) is 4.74. The average molecular weight is 473 g/mol. The predicted molar refractivity (Wildman–Crippen MR) is 110 cm³/mol. The van der Waals surface area contributed by atoms with E-state index in [1.807, 2.05) is 54.9 Å². The lowest BCUT2D eigenvalue weighted by molar-refractivity contribution is 0.211. The summed E-state index contributed by atoms with van der Waals surface area (Å²) in [5, 5.41) is 10.5. The standard InChI is InChI=1S/C18H16BrCl2N3OS/c1-11(25-14-6-4-13(19)5-7-14)17-22-23-18(24(17)2)26-10-12-3-8-15(20)16(21)9-12/h3-9,11H,10H2,1-2H3. The van der Waals surface area contributed by atoms with Crippen molar-refractivity contribution in [3.05, 3.63) is 68.4 Å². The average Bonchev–Trinajstić information content (AvgIpc) is 2.99. The zero-order valence-electron chi connectivity index (χ0n) is 14.1. The summed E-state index contributed by atoms with van der Waals surface area (Å²) in [5.41, 5.74) is 1.08. The third-order valence-corrected chi connectivity index (χ3v) is 6.07. The maximum Gasteiger partial charge on any atom is 0.191 e. The lowest BCUT2D eigenvalue weighted by atomic mass is 10.2. The normalized spacial score (nSPS) is 12.2. The Kier molecular flexibility index (Phi) is 6.51. The minimum absolute atomic E-state index is 0.215. The summed E-state index contributed by atoms with van der Waals surface area (Å²) in [6, 6.07) is 13.3. The number of halogens is 3. The van der Waals surface area contributed by atoms with E-state index in [4.69, 9.17) is 27.9 Å². The van der Waals surface area contributed by atoms with Gasteiger partial charge in [0, 0.05) is 17.3 Å². The fraction of sp³-hybridized carbons (Fsp3) is 0.222. The van der Waals surface area contributed by atoms with Gasteiger partial charge in [-0.1, -0.05) is 57.0 Å². The Morgan fingerprint density at radius 1 is 1.12 bits per heavy atom. The van der Waals surface area contributed by atoms with Gasteiger partial charge in [-0.15, -0.1) is 10.2 Å². The SMILES string of the molecule is CC(Oc1ccc(Br)cc1)c1nnc(SCc2ccc(Cl)c(Cl)c2)n1C. The van der Waals surface area contributed by atoms with Crippen molar-refractivity contribution in [3.63, 3.8) is 0 Å². The van der Waals surface area contributed by atoms with Gasteiger partial charge in [-0.2, -0.15) is 0 Å². The van der Waals surface area contributed by atoms with Crippen LogP contribution in [0.5, 0.6) is 5.75 Å². The van der Waals surface area contributed by atoms with E-state index in [0.29, 0.717) is 10.0 Å². The zero-order valence-corrected chi connectivity index (χ0v) is 18.0. The molecule has 3 aromatic rings. The number of nitrogens with zero attached hydrogens (tertiary/aromatic N) is 3. The predicted octanol–water partition coefficient (Wildman–Crippen LogP) is 6.32. The van der Waals surface area contributed by atoms with Gasteiger partial charge < -0.3 is 9.30 Å². The zero-order chi connectivity index (χ0) is 18.7. The van der Waals surface area contributed by atoms with Crippen molar-refractivity contribution >= 4 is 50.9 Å². The van der Waals surface area contributed by atoms with Crippen LogP contribution in [-0.4, -0.2) is 14.8 Å². The number of ether oxygens (including phenoxy) is 1. The molecule has 0 aliphatic heterocycles. The fourth-order valence-electron chi connectivity index (χ4n) is 2.35. The summed E-state index contributed by atoms with van der Waals surface area (Å²) in [6.45, 7) is 1.96. The van der Waals surface area contributed by atoms with Crippen LogP contribution < -0.4 is 4.74 Å². The van der Waals surface area contributed by atoms with E-state index < -0.39 is 0 Å². The van der Waals surface area contributed by atoms with Crippen molar-refractivity contribution in [2.75, 3.05) is 0 Å². The Hall–Kier alpha value is -1.21. The highest BCUT2D eigenvalue weighted by molar-refractivity contribution is 9.10. The maximum absolute atomic E-state index is 6.07. The van der Waals surface area contributed by atoms with Gasteiger partial charge in [-0.3, -0.25) is 0 Å². The smallest absolute Gasteiger partial charge is 0.191 e. The first-order chi connectivity index (χ1) is 12.4. The Balaban J connectivity index is 1.66. The topological polar surface area (TPSA) is 39.9 Å². The van der Waals surface area contributed by atoms with E-state index in [1.54, 1.807) is 17.8 Å². The molecule has 0 saturated carbocycles. The summed E-state index contributed by atoms with van der Waals surface area (Å²) in [6.07, 6.45) is -0.215. The number of aromatic nitrogens is 3. The van der Waals surface area contributed by atoms with Gasteiger partial charge in [-0.25, -0.2) is 0 Å². The molecule has 0 spiro atoms. The summed E-state index contributed by atoms with van der Waals surface area (Å²) in [4.78, 5) is 0. The number of benzene rings is 2. The van der Waals surface area contributed by atoms with Gasteiger partial charge in [-0.05, 0) is 48.9 Å². The molecule has 2 aromatic carbocycles.